The van der Waals surface area contributed by atoms with Crippen molar-refractivity contribution in [3.63, 3.8) is 0 Å². The second-order valence-electron chi connectivity index (χ2n) is 6.81. The zero-order chi connectivity index (χ0) is 20.3. The Bertz CT molecular complexity index is 995. The number of hydrogen-bond acceptors (Lipinski definition) is 5. The molecule has 144 valence electrons. The summed E-state index contributed by atoms with van der Waals surface area (Å²) in [5.41, 5.74) is 5.90. The van der Waals surface area contributed by atoms with Crippen molar-refractivity contribution in [2.45, 2.75) is 13.3 Å². The predicted molar refractivity (Wildman–Crippen MR) is 109 cm³/mol. The Kier molecular flexibility index (Phi) is 5.50. The van der Waals surface area contributed by atoms with Crippen LogP contribution < -0.4 is 10.6 Å². The van der Waals surface area contributed by atoms with Crippen molar-refractivity contribution in [2.24, 2.45) is 7.05 Å². The van der Waals surface area contributed by atoms with Crippen LogP contribution in [0.15, 0.2) is 54.1 Å². The molecule has 0 atom stereocenters. The van der Waals surface area contributed by atoms with Gasteiger partial charge in [0.25, 0.3) is 0 Å². The monoisotopic (exact) mass is 376 g/mol. The van der Waals surface area contributed by atoms with Crippen molar-refractivity contribution in [1.82, 2.24) is 20.0 Å². The van der Waals surface area contributed by atoms with Gasteiger partial charge in [-0.2, -0.15) is 10.4 Å². The highest BCUT2D eigenvalue weighted by Gasteiger charge is 2.22. The molecule has 7 heteroatoms. The van der Waals surface area contributed by atoms with Gasteiger partial charge in [-0.1, -0.05) is 6.58 Å². The van der Waals surface area contributed by atoms with Gasteiger partial charge in [0.2, 0.25) is 5.91 Å². The first-order chi connectivity index (χ1) is 13.4. The zero-order valence-electron chi connectivity index (χ0n) is 16.4. The van der Waals surface area contributed by atoms with E-state index in [0.717, 1.165) is 34.5 Å². The maximum absolute atomic E-state index is 11.8. The highest BCUT2D eigenvalue weighted by atomic mass is 16.2. The fourth-order valence-corrected chi connectivity index (χ4v) is 3.34. The van der Waals surface area contributed by atoms with E-state index in [2.05, 4.69) is 28.4 Å². The van der Waals surface area contributed by atoms with E-state index in [9.17, 15) is 10.1 Å². The van der Waals surface area contributed by atoms with Crippen molar-refractivity contribution in [3.8, 4) is 17.2 Å². The second-order valence-corrected chi connectivity index (χ2v) is 6.81. The minimum absolute atomic E-state index is 0.0470. The molecule has 1 aliphatic rings. The molecule has 0 fully saturated rings. The van der Waals surface area contributed by atoms with E-state index in [-0.39, 0.29) is 5.91 Å². The number of aromatic nitrogens is 2. The number of hydrogen-bond donors (Lipinski definition) is 2. The van der Waals surface area contributed by atoms with Crippen LogP contribution >= 0.6 is 0 Å². The van der Waals surface area contributed by atoms with E-state index in [1.165, 1.54) is 0 Å². The van der Waals surface area contributed by atoms with Crippen molar-refractivity contribution in [2.75, 3.05) is 25.5 Å². The Morgan fingerprint density at radius 3 is 2.71 bits per heavy atom. The molecule has 28 heavy (non-hydrogen) atoms. The summed E-state index contributed by atoms with van der Waals surface area (Å²) in [7, 11) is 3.73. The molecule has 0 saturated carbocycles. The normalized spacial score (nSPS) is 13.9. The minimum Gasteiger partial charge on any atom is -0.391 e. The molecule has 1 aromatic carbocycles. The van der Waals surface area contributed by atoms with Gasteiger partial charge in [0.05, 0.1) is 17.8 Å². The SMILES string of the molecule is C=C(Nc1cc(C#N)cc(-c2cnn(C)c2)c1)C1=C(NC)CCN(C(C)=O)C1. The number of carbonyl (C=O) groups excluding carboxylic acids is 1. The standard InChI is InChI=1S/C21H24N6O/c1-14(20-13-27(15(2)28)6-5-21(20)23-3)25-19-8-16(10-22)7-17(9-19)18-11-24-26(4)12-18/h7-9,11-12,23,25H,1,5-6,13H2,2-4H3. The Morgan fingerprint density at radius 1 is 1.32 bits per heavy atom. The Balaban J connectivity index is 1.90. The summed E-state index contributed by atoms with van der Waals surface area (Å²) in [6, 6.07) is 7.79. The zero-order valence-corrected chi connectivity index (χ0v) is 16.4. The molecule has 7 nitrogen and oxygen atoms in total. The molecule has 0 saturated heterocycles. The second kappa shape index (κ2) is 8.01. The molecule has 0 radical (unpaired) electrons. The summed E-state index contributed by atoms with van der Waals surface area (Å²) >= 11 is 0. The third-order valence-corrected chi connectivity index (χ3v) is 4.85. The van der Waals surface area contributed by atoms with Crippen molar-refractivity contribution >= 4 is 11.6 Å². The number of nitrogens with one attached hydrogen (secondary N) is 2. The molecule has 1 aliphatic heterocycles. The average Bonchev–Trinajstić information content (AvgIpc) is 3.13. The lowest BCUT2D eigenvalue weighted by molar-refractivity contribution is -0.128. The fourth-order valence-electron chi connectivity index (χ4n) is 3.34. The maximum Gasteiger partial charge on any atom is 0.219 e. The fraction of sp³-hybridized carbons (Fsp3) is 0.286. The van der Waals surface area contributed by atoms with Crippen LogP contribution in [0.3, 0.4) is 0 Å². The molecular formula is C21H24N6O. The first-order valence-electron chi connectivity index (χ1n) is 9.07. The predicted octanol–water partition coefficient (Wildman–Crippen LogP) is 2.61. The van der Waals surface area contributed by atoms with Crippen LogP contribution in [0.5, 0.6) is 0 Å². The first kappa shape index (κ1) is 19.2. The number of nitrogens with zero attached hydrogens (tertiary/aromatic N) is 4. The minimum atomic E-state index is 0.0470. The topological polar surface area (TPSA) is 86.0 Å². The molecule has 2 heterocycles. The van der Waals surface area contributed by atoms with Crippen LogP contribution in [0, 0.1) is 11.3 Å². The molecule has 0 unspecified atom stereocenters. The summed E-state index contributed by atoms with van der Waals surface area (Å²) in [5, 5.41) is 20.2. The van der Waals surface area contributed by atoms with Crippen molar-refractivity contribution < 1.29 is 4.79 Å². The lowest BCUT2D eigenvalue weighted by Crippen LogP contribution is -2.38. The molecule has 0 aliphatic carbocycles. The number of carbonyl (C=O) groups is 1. The van der Waals surface area contributed by atoms with Gasteiger partial charge in [0.1, 0.15) is 0 Å². The third kappa shape index (κ3) is 4.07. The summed E-state index contributed by atoms with van der Waals surface area (Å²) in [6.45, 7) is 6.96. The van der Waals surface area contributed by atoms with Crippen LogP contribution in [0.1, 0.15) is 18.9 Å². The molecule has 3 rings (SSSR count). The number of rotatable bonds is 5. The molecule has 2 aromatic rings. The van der Waals surface area contributed by atoms with E-state index in [1.807, 2.05) is 32.4 Å². The molecular weight excluding hydrogens is 352 g/mol. The largest absolute Gasteiger partial charge is 0.391 e. The van der Waals surface area contributed by atoms with Gasteiger partial charge in [-0.05, 0) is 23.8 Å². The number of benzene rings is 1. The van der Waals surface area contributed by atoms with Crippen molar-refractivity contribution in [3.05, 3.63) is 59.7 Å². The third-order valence-electron chi connectivity index (χ3n) is 4.85. The first-order valence-corrected chi connectivity index (χ1v) is 9.07. The van der Waals surface area contributed by atoms with E-state index < -0.39 is 0 Å². The smallest absolute Gasteiger partial charge is 0.219 e. The quantitative estimate of drug-likeness (QED) is 0.838. The van der Waals surface area contributed by atoms with E-state index in [1.54, 1.807) is 28.8 Å². The van der Waals surface area contributed by atoms with E-state index in [4.69, 9.17) is 0 Å². The Hall–Kier alpha value is -3.53. The Labute approximate surface area is 165 Å². The Morgan fingerprint density at radius 2 is 2.11 bits per heavy atom. The van der Waals surface area contributed by atoms with Gasteiger partial charge >= 0.3 is 0 Å². The van der Waals surface area contributed by atoms with Crippen LogP contribution in [0.2, 0.25) is 0 Å². The average molecular weight is 376 g/mol. The molecule has 0 bridgehead atoms. The summed E-state index contributed by atoms with van der Waals surface area (Å²) in [6.07, 6.45) is 4.43. The molecule has 1 amide bonds. The van der Waals surface area contributed by atoms with Gasteiger partial charge in [0, 0.05) is 74.9 Å². The van der Waals surface area contributed by atoms with Gasteiger partial charge in [-0.3, -0.25) is 9.48 Å². The van der Waals surface area contributed by atoms with E-state index in [0.29, 0.717) is 24.4 Å². The number of anilines is 1. The van der Waals surface area contributed by atoms with Crippen LogP contribution in [0.4, 0.5) is 5.69 Å². The summed E-state index contributed by atoms with van der Waals surface area (Å²) in [4.78, 5) is 13.6. The van der Waals surface area contributed by atoms with E-state index >= 15 is 0 Å². The molecule has 0 spiro atoms. The van der Waals surface area contributed by atoms with Gasteiger partial charge in [-0.25, -0.2) is 0 Å². The highest BCUT2D eigenvalue weighted by molar-refractivity contribution is 5.75. The number of amides is 1. The van der Waals surface area contributed by atoms with Crippen molar-refractivity contribution in [1.29, 1.82) is 5.26 Å². The number of aryl methyl sites for hydroxylation is 1. The lowest BCUT2D eigenvalue weighted by atomic mass is 10.0. The van der Waals surface area contributed by atoms with Gasteiger partial charge < -0.3 is 15.5 Å². The van der Waals surface area contributed by atoms with Crippen LogP contribution in [-0.2, 0) is 11.8 Å². The number of nitriles is 1. The van der Waals surface area contributed by atoms with Gasteiger partial charge in [-0.15, -0.1) is 0 Å². The summed E-state index contributed by atoms with van der Waals surface area (Å²) in [5.74, 6) is 0.0470. The van der Waals surface area contributed by atoms with Crippen LogP contribution in [0.25, 0.3) is 11.1 Å². The summed E-state index contributed by atoms with van der Waals surface area (Å²) < 4.78 is 1.72. The van der Waals surface area contributed by atoms with Gasteiger partial charge in [0.15, 0.2) is 0 Å². The lowest BCUT2D eigenvalue weighted by Gasteiger charge is -2.31. The molecule has 2 N–H and O–H groups in total. The highest BCUT2D eigenvalue weighted by Crippen LogP contribution is 2.27. The van der Waals surface area contributed by atoms with Crippen LogP contribution in [-0.4, -0.2) is 40.7 Å². The molecule has 1 aromatic heterocycles. The maximum atomic E-state index is 11.8.